The Kier molecular flexibility index (Phi) is 2.41. The number of aliphatic imine (C=N–C) groups is 1. The Labute approximate surface area is 86.9 Å². The van der Waals surface area contributed by atoms with E-state index in [1.807, 2.05) is 6.07 Å². The maximum absolute atomic E-state index is 10.7. The van der Waals surface area contributed by atoms with E-state index in [-0.39, 0.29) is 5.75 Å². The van der Waals surface area contributed by atoms with Crippen LogP contribution in [0.15, 0.2) is 29.3 Å². The van der Waals surface area contributed by atoms with E-state index in [4.69, 9.17) is 5.11 Å². The molecule has 0 fully saturated rings. The van der Waals surface area contributed by atoms with Gasteiger partial charge in [-0.1, -0.05) is 12.1 Å². The van der Waals surface area contributed by atoms with Gasteiger partial charge in [-0.3, -0.25) is 4.99 Å². The normalized spacial score (nSPS) is 20.0. The van der Waals surface area contributed by atoms with Gasteiger partial charge in [-0.25, -0.2) is 4.79 Å². The molecule has 4 heteroatoms. The van der Waals surface area contributed by atoms with Crippen molar-refractivity contribution in [2.24, 2.45) is 4.99 Å². The summed E-state index contributed by atoms with van der Waals surface area (Å²) in [5.41, 5.74) is 1.57. The van der Waals surface area contributed by atoms with Gasteiger partial charge in [0.05, 0.1) is 0 Å². The average molecular weight is 205 g/mol. The summed E-state index contributed by atoms with van der Waals surface area (Å²) in [6.45, 7) is 0. The van der Waals surface area contributed by atoms with Crippen molar-refractivity contribution in [1.29, 1.82) is 0 Å². The van der Waals surface area contributed by atoms with Gasteiger partial charge in [-0.15, -0.1) is 0 Å². The van der Waals surface area contributed by atoms with Crippen LogP contribution < -0.4 is 0 Å². The molecule has 0 aromatic heterocycles. The van der Waals surface area contributed by atoms with Gasteiger partial charge < -0.3 is 10.2 Å². The van der Waals surface area contributed by atoms with Gasteiger partial charge in [0.2, 0.25) is 0 Å². The van der Waals surface area contributed by atoms with Crippen molar-refractivity contribution in [2.45, 2.75) is 18.9 Å². The lowest BCUT2D eigenvalue weighted by Gasteiger charge is -2.00. The molecule has 0 radical (unpaired) electrons. The minimum Gasteiger partial charge on any atom is -0.508 e. The lowest BCUT2D eigenvalue weighted by atomic mass is 10.1. The molecule has 1 aliphatic rings. The van der Waals surface area contributed by atoms with E-state index in [0.29, 0.717) is 12.8 Å². The minimum atomic E-state index is -0.884. The molecule has 2 rings (SSSR count). The molecule has 0 aliphatic carbocycles. The van der Waals surface area contributed by atoms with Gasteiger partial charge in [0.25, 0.3) is 0 Å². The Morgan fingerprint density at radius 1 is 1.47 bits per heavy atom. The van der Waals surface area contributed by atoms with Gasteiger partial charge >= 0.3 is 5.97 Å². The molecule has 15 heavy (non-hydrogen) atoms. The predicted octanol–water partition coefficient (Wildman–Crippen LogP) is 1.43. The van der Waals surface area contributed by atoms with Crippen LogP contribution in [0, 0.1) is 0 Å². The van der Waals surface area contributed by atoms with Crippen molar-refractivity contribution in [2.75, 3.05) is 0 Å². The lowest BCUT2D eigenvalue weighted by molar-refractivity contribution is -0.138. The molecule has 0 spiro atoms. The SMILES string of the molecule is O=C(O)[C@@H]1CCC(c2cccc(O)c2)=N1. The lowest BCUT2D eigenvalue weighted by Crippen LogP contribution is -2.13. The zero-order valence-electron chi connectivity index (χ0n) is 8.05. The molecule has 1 aliphatic heterocycles. The van der Waals surface area contributed by atoms with Crippen LogP contribution in [0.2, 0.25) is 0 Å². The molecule has 0 amide bonds. The summed E-state index contributed by atoms with van der Waals surface area (Å²) in [5.74, 6) is -0.709. The molecular formula is C11H11NO3. The highest BCUT2D eigenvalue weighted by Crippen LogP contribution is 2.21. The van der Waals surface area contributed by atoms with Gasteiger partial charge in [0, 0.05) is 5.71 Å². The van der Waals surface area contributed by atoms with Crippen LogP contribution in [0.4, 0.5) is 0 Å². The fraction of sp³-hybridized carbons (Fsp3) is 0.273. The number of benzene rings is 1. The third-order valence-electron chi connectivity index (χ3n) is 2.43. The highest BCUT2D eigenvalue weighted by atomic mass is 16.4. The number of nitrogens with zero attached hydrogens (tertiary/aromatic N) is 1. The predicted molar refractivity (Wildman–Crippen MR) is 55.3 cm³/mol. The average Bonchev–Trinajstić information content (AvgIpc) is 2.66. The fourth-order valence-electron chi connectivity index (χ4n) is 1.67. The number of aromatic hydroxyl groups is 1. The van der Waals surface area contributed by atoms with Crippen molar-refractivity contribution in [3.05, 3.63) is 29.8 Å². The first-order valence-corrected chi connectivity index (χ1v) is 4.75. The minimum absolute atomic E-state index is 0.175. The van der Waals surface area contributed by atoms with Crippen molar-refractivity contribution in [3.63, 3.8) is 0 Å². The molecule has 0 saturated heterocycles. The van der Waals surface area contributed by atoms with Gasteiger partial charge in [-0.2, -0.15) is 0 Å². The van der Waals surface area contributed by atoms with Crippen LogP contribution in [0.1, 0.15) is 18.4 Å². The van der Waals surface area contributed by atoms with Crippen LogP contribution in [0.25, 0.3) is 0 Å². The van der Waals surface area contributed by atoms with E-state index < -0.39 is 12.0 Å². The highest BCUT2D eigenvalue weighted by Gasteiger charge is 2.24. The van der Waals surface area contributed by atoms with Crippen LogP contribution in [-0.2, 0) is 4.79 Å². The Balaban J connectivity index is 2.26. The highest BCUT2D eigenvalue weighted by molar-refractivity contribution is 6.03. The van der Waals surface area contributed by atoms with E-state index in [1.165, 1.54) is 0 Å². The smallest absolute Gasteiger partial charge is 0.328 e. The summed E-state index contributed by atoms with van der Waals surface area (Å²) in [5, 5.41) is 18.1. The van der Waals surface area contributed by atoms with E-state index >= 15 is 0 Å². The number of hydrogen-bond donors (Lipinski definition) is 2. The standard InChI is InChI=1S/C11H11NO3/c13-8-3-1-2-7(6-8)9-4-5-10(12-9)11(14)15/h1-3,6,10,13H,4-5H2,(H,14,15)/t10-/m0/s1. The summed E-state index contributed by atoms with van der Waals surface area (Å²) in [7, 11) is 0. The molecule has 78 valence electrons. The largest absolute Gasteiger partial charge is 0.508 e. The topological polar surface area (TPSA) is 69.9 Å². The first-order valence-electron chi connectivity index (χ1n) is 4.75. The number of phenolic OH excluding ortho intramolecular Hbond substituents is 1. The number of phenols is 1. The summed E-state index contributed by atoms with van der Waals surface area (Å²) < 4.78 is 0. The van der Waals surface area contributed by atoms with Crippen molar-refractivity contribution < 1.29 is 15.0 Å². The van der Waals surface area contributed by atoms with E-state index in [0.717, 1.165) is 11.3 Å². The van der Waals surface area contributed by atoms with E-state index in [2.05, 4.69) is 4.99 Å². The number of rotatable bonds is 2. The van der Waals surface area contributed by atoms with E-state index in [9.17, 15) is 9.90 Å². The Morgan fingerprint density at radius 3 is 2.87 bits per heavy atom. The molecule has 1 aromatic carbocycles. The molecule has 1 atom stereocenters. The molecule has 1 heterocycles. The molecule has 0 unspecified atom stereocenters. The zero-order valence-corrected chi connectivity index (χ0v) is 8.05. The van der Waals surface area contributed by atoms with Crippen molar-refractivity contribution >= 4 is 11.7 Å². The number of hydrogen-bond acceptors (Lipinski definition) is 3. The van der Waals surface area contributed by atoms with E-state index in [1.54, 1.807) is 18.2 Å². The molecule has 0 bridgehead atoms. The molecule has 1 aromatic rings. The third kappa shape index (κ3) is 1.98. The van der Waals surface area contributed by atoms with Crippen molar-refractivity contribution in [1.82, 2.24) is 0 Å². The van der Waals surface area contributed by atoms with Crippen LogP contribution in [-0.4, -0.2) is 27.9 Å². The quantitative estimate of drug-likeness (QED) is 0.767. The fourth-order valence-corrected chi connectivity index (χ4v) is 1.67. The Bertz CT molecular complexity index is 426. The Hall–Kier alpha value is -1.84. The number of carboxylic acids is 1. The van der Waals surface area contributed by atoms with Crippen LogP contribution in [0.5, 0.6) is 5.75 Å². The molecule has 0 saturated carbocycles. The second kappa shape index (κ2) is 3.73. The number of carbonyl (C=O) groups is 1. The Morgan fingerprint density at radius 2 is 2.27 bits per heavy atom. The molecular weight excluding hydrogens is 194 g/mol. The zero-order chi connectivity index (χ0) is 10.8. The van der Waals surface area contributed by atoms with Crippen LogP contribution in [0.3, 0.4) is 0 Å². The summed E-state index contributed by atoms with van der Waals surface area (Å²) in [6.07, 6.45) is 1.20. The second-order valence-corrected chi connectivity index (χ2v) is 3.52. The first-order chi connectivity index (χ1) is 7.16. The molecule has 4 nitrogen and oxygen atoms in total. The van der Waals surface area contributed by atoms with Crippen molar-refractivity contribution in [3.8, 4) is 5.75 Å². The first kappa shape index (κ1) is 9.71. The number of aliphatic carboxylic acids is 1. The summed E-state index contributed by atoms with van der Waals surface area (Å²) in [4.78, 5) is 14.8. The number of carboxylic acid groups (broad SMARTS) is 1. The summed E-state index contributed by atoms with van der Waals surface area (Å²) >= 11 is 0. The van der Waals surface area contributed by atoms with Gasteiger partial charge in [-0.05, 0) is 30.5 Å². The second-order valence-electron chi connectivity index (χ2n) is 3.52. The van der Waals surface area contributed by atoms with Crippen LogP contribution >= 0.6 is 0 Å². The maximum Gasteiger partial charge on any atom is 0.328 e. The third-order valence-corrected chi connectivity index (χ3v) is 2.43. The molecule has 2 N–H and O–H groups in total. The van der Waals surface area contributed by atoms with Gasteiger partial charge in [0.15, 0.2) is 0 Å². The monoisotopic (exact) mass is 205 g/mol. The maximum atomic E-state index is 10.7. The summed E-state index contributed by atoms with van der Waals surface area (Å²) in [6, 6.07) is 6.10. The van der Waals surface area contributed by atoms with Gasteiger partial charge in [0.1, 0.15) is 11.8 Å².